The standard InChI is InChI=1S/C7H13BFNO2/c1-3-4-6(10(2)11)5(9)7(8)12-4/h4-7,11H,3H2,1-2H3/t4-,5?,6?,7-/m1/s1. The highest BCUT2D eigenvalue weighted by molar-refractivity contribution is 6.11. The maximum atomic E-state index is 13.2. The maximum Gasteiger partial charge on any atom is 0.138 e. The highest BCUT2D eigenvalue weighted by atomic mass is 19.1. The van der Waals surface area contributed by atoms with Crippen LogP contribution in [0.25, 0.3) is 0 Å². The summed E-state index contributed by atoms with van der Waals surface area (Å²) >= 11 is 0. The molecule has 0 aromatic carbocycles. The van der Waals surface area contributed by atoms with Crippen LogP contribution in [0.3, 0.4) is 0 Å². The van der Waals surface area contributed by atoms with E-state index in [0.717, 1.165) is 5.06 Å². The third-order valence-corrected chi connectivity index (χ3v) is 2.19. The van der Waals surface area contributed by atoms with Crippen LogP contribution in [0.1, 0.15) is 13.3 Å². The van der Waals surface area contributed by atoms with Crippen molar-refractivity contribution in [2.24, 2.45) is 0 Å². The van der Waals surface area contributed by atoms with Gasteiger partial charge in [-0.15, -0.1) is 0 Å². The van der Waals surface area contributed by atoms with Gasteiger partial charge in [-0.05, 0) is 6.42 Å². The molecule has 0 aliphatic carbocycles. The van der Waals surface area contributed by atoms with Crippen LogP contribution in [0.15, 0.2) is 0 Å². The van der Waals surface area contributed by atoms with E-state index in [2.05, 4.69) is 0 Å². The molecule has 1 aliphatic heterocycles. The zero-order valence-electron chi connectivity index (χ0n) is 7.27. The molecule has 3 nitrogen and oxygen atoms in total. The monoisotopic (exact) mass is 173 g/mol. The summed E-state index contributed by atoms with van der Waals surface area (Å²) in [5.74, 6) is 0. The highest BCUT2D eigenvalue weighted by Crippen LogP contribution is 2.26. The number of rotatable bonds is 2. The second-order valence-corrected chi connectivity index (χ2v) is 3.06. The van der Waals surface area contributed by atoms with Crippen LogP contribution < -0.4 is 0 Å². The number of nitrogens with zero attached hydrogens (tertiary/aromatic N) is 1. The van der Waals surface area contributed by atoms with Gasteiger partial charge in [-0.3, -0.25) is 0 Å². The lowest BCUT2D eigenvalue weighted by atomic mass is 9.92. The minimum atomic E-state index is -1.31. The van der Waals surface area contributed by atoms with Gasteiger partial charge in [-0.2, -0.15) is 5.06 Å². The summed E-state index contributed by atoms with van der Waals surface area (Å²) in [7, 11) is 6.74. The molecule has 0 aromatic heterocycles. The Kier molecular flexibility index (Phi) is 3.09. The van der Waals surface area contributed by atoms with E-state index in [0.29, 0.717) is 6.42 Å². The first kappa shape index (κ1) is 9.96. The Balaban J connectivity index is 2.66. The van der Waals surface area contributed by atoms with Crippen molar-refractivity contribution < 1.29 is 14.3 Å². The van der Waals surface area contributed by atoms with Crippen LogP contribution in [0.4, 0.5) is 4.39 Å². The molecule has 12 heavy (non-hydrogen) atoms. The average Bonchev–Trinajstić information content (AvgIpc) is 2.28. The SMILES string of the molecule is [B][C@@H]1O[C@H](CC)C(N(C)O)C1F. The molecule has 0 saturated carbocycles. The average molecular weight is 173 g/mol. The molecular weight excluding hydrogens is 160 g/mol. The maximum absolute atomic E-state index is 13.2. The fourth-order valence-corrected chi connectivity index (χ4v) is 1.54. The lowest BCUT2D eigenvalue weighted by Gasteiger charge is -2.23. The topological polar surface area (TPSA) is 32.7 Å². The van der Waals surface area contributed by atoms with E-state index >= 15 is 0 Å². The van der Waals surface area contributed by atoms with Crippen LogP contribution in [-0.2, 0) is 4.74 Å². The Morgan fingerprint density at radius 1 is 1.67 bits per heavy atom. The van der Waals surface area contributed by atoms with E-state index in [1.807, 2.05) is 6.92 Å². The van der Waals surface area contributed by atoms with Crippen molar-refractivity contribution in [2.45, 2.75) is 37.7 Å². The van der Waals surface area contributed by atoms with Crippen LogP contribution >= 0.6 is 0 Å². The fourth-order valence-electron chi connectivity index (χ4n) is 1.54. The normalized spacial score (nSPS) is 42.4. The summed E-state index contributed by atoms with van der Waals surface area (Å²) < 4.78 is 18.3. The summed E-state index contributed by atoms with van der Waals surface area (Å²) in [5.41, 5.74) is 0. The smallest absolute Gasteiger partial charge is 0.138 e. The molecule has 2 unspecified atom stereocenters. The third kappa shape index (κ3) is 1.63. The van der Waals surface area contributed by atoms with E-state index in [4.69, 9.17) is 17.8 Å². The van der Waals surface area contributed by atoms with E-state index in [9.17, 15) is 4.39 Å². The molecule has 0 aromatic rings. The first-order chi connectivity index (χ1) is 5.57. The van der Waals surface area contributed by atoms with Crippen LogP contribution in [0.5, 0.6) is 0 Å². The van der Waals surface area contributed by atoms with Gasteiger partial charge < -0.3 is 9.94 Å². The van der Waals surface area contributed by atoms with Crippen molar-refractivity contribution in [1.29, 1.82) is 0 Å². The Morgan fingerprint density at radius 2 is 2.25 bits per heavy atom. The van der Waals surface area contributed by atoms with Crippen LogP contribution in [0, 0.1) is 0 Å². The van der Waals surface area contributed by atoms with Gasteiger partial charge in [0.2, 0.25) is 0 Å². The van der Waals surface area contributed by atoms with Crippen LogP contribution in [-0.4, -0.2) is 49.5 Å². The van der Waals surface area contributed by atoms with Gasteiger partial charge >= 0.3 is 0 Å². The number of hydroxylamine groups is 2. The van der Waals surface area contributed by atoms with Gasteiger partial charge in [0.05, 0.1) is 12.1 Å². The molecule has 0 amide bonds. The van der Waals surface area contributed by atoms with Crippen molar-refractivity contribution in [1.82, 2.24) is 5.06 Å². The van der Waals surface area contributed by atoms with E-state index in [-0.39, 0.29) is 6.10 Å². The number of halogens is 1. The van der Waals surface area contributed by atoms with Gasteiger partial charge in [0, 0.05) is 13.1 Å². The molecule has 1 saturated heterocycles. The largest absolute Gasteiger partial charge is 0.380 e. The van der Waals surface area contributed by atoms with Crippen molar-refractivity contribution in [2.75, 3.05) is 7.05 Å². The molecule has 4 atom stereocenters. The number of hydrogen-bond donors (Lipinski definition) is 1. The number of alkyl halides is 1. The first-order valence-electron chi connectivity index (χ1n) is 4.04. The zero-order valence-corrected chi connectivity index (χ0v) is 7.27. The van der Waals surface area contributed by atoms with Gasteiger partial charge in [0.1, 0.15) is 14.0 Å². The van der Waals surface area contributed by atoms with Crippen LogP contribution in [0.2, 0.25) is 0 Å². The van der Waals surface area contributed by atoms with Gasteiger partial charge in [0.15, 0.2) is 0 Å². The number of likely N-dealkylation sites (N-methyl/N-ethyl adjacent to an activating group) is 1. The predicted octanol–water partition coefficient (Wildman–Crippen LogP) is 0.317. The molecule has 1 aliphatic rings. The zero-order chi connectivity index (χ0) is 9.30. The van der Waals surface area contributed by atoms with Gasteiger partial charge in [-0.1, -0.05) is 6.92 Å². The third-order valence-electron chi connectivity index (χ3n) is 2.19. The van der Waals surface area contributed by atoms with Crippen molar-refractivity contribution >= 4 is 7.85 Å². The highest BCUT2D eigenvalue weighted by Gasteiger charge is 2.43. The molecule has 1 heterocycles. The minimum Gasteiger partial charge on any atom is -0.380 e. The second-order valence-electron chi connectivity index (χ2n) is 3.06. The Labute approximate surface area is 72.9 Å². The molecule has 2 radical (unpaired) electrons. The van der Waals surface area contributed by atoms with E-state index in [1.54, 1.807) is 0 Å². The Hall–Kier alpha value is -0.125. The van der Waals surface area contributed by atoms with Gasteiger partial charge in [-0.25, -0.2) is 4.39 Å². The minimum absolute atomic E-state index is 0.315. The fraction of sp³-hybridized carbons (Fsp3) is 1.00. The van der Waals surface area contributed by atoms with Crippen molar-refractivity contribution in [3.63, 3.8) is 0 Å². The quantitative estimate of drug-likeness (QED) is 0.482. The number of ether oxygens (including phenoxy) is 1. The second kappa shape index (κ2) is 3.72. The number of hydrogen-bond acceptors (Lipinski definition) is 3. The van der Waals surface area contributed by atoms with Crippen molar-refractivity contribution in [3.8, 4) is 0 Å². The summed E-state index contributed by atoms with van der Waals surface area (Å²) in [6.07, 6.45) is -0.987. The molecule has 0 spiro atoms. The molecule has 1 rings (SSSR count). The summed E-state index contributed by atoms with van der Waals surface area (Å²) in [6, 6.07) is -1.54. The van der Waals surface area contributed by atoms with E-state index in [1.165, 1.54) is 7.05 Å². The van der Waals surface area contributed by atoms with Crippen molar-refractivity contribution in [3.05, 3.63) is 0 Å². The molecule has 0 bridgehead atoms. The molecule has 1 N–H and O–H groups in total. The Bertz CT molecular complexity index is 158. The molecule has 1 fully saturated rings. The predicted molar refractivity (Wildman–Crippen MR) is 42.9 cm³/mol. The molecular formula is C7H13BFNO2. The molecule has 5 heteroatoms. The summed E-state index contributed by atoms with van der Waals surface area (Å²) in [6.45, 7) is 1.87. The lowest BCUT2D eigenvalue weighted by molar-refractivity contribution is -0.129. The molecule has 68 valence electrons. The first-order valence-corrected chi connectivity index (χ1v) is 4.04. The van der Waals surface area contributed by atoms with Gasteiger partial charge in [0.25, 0.3) is 0 Å². The summed E-state index contributed by atoms with van der Waals surface area (Å²) in [4.78, 5) is 0. The summed E-state index contributed by atoms with van der Waals surface area (Å²) in [5, 5.41) is 9.94. The lowest BCUT2D eigenvalue weighted by Crippen LogP contribution is -2.42. The van der Waals surface area contributed by atoms with E-state index < -0.39 is 18.2 Å². The Morgan fingerprint density at radius 3 is 2.58 bits per heavy atom.